The molecule has 0 spiro atoms. The minimum atomic E-state index is -1.10. The number of likely N-dealkylation sites (tertiary alicyclic amines) is 1. The van der Waals surface area contributed by atoms with Gasteiger partial charge in [-0.25, -0.2) is 24.5 Å². The van der Waals surface area contributed by atoms with Gasteiger partial charge in [0, 0.05) is 55.8 Å². The summed E-state index contributed by atoms with van der Waals surface area (Å²) in [5.74, 6) is -1.60. The number of anilines is 1. The van der Waals surface area contributed by atoms with Crippen LogP contribution in [0.1, 0.15) is 20.8 Å². The number of carbonyl (C=O) groups is 1. The zero-order valence-corrected chi connectivity index (χ0v) is 27.8. The van der Waals surface area contributed by atoms with Crippen molar-refractivity contribution in [1.82, 2.24) is 24.8 Å². The van der Waals surface area contributed by atoms with Crippen LogP contribution in [0.15, 0.2) is 36.5 Å². The molecule has 0 unspecified atom stereocenters. The number of hydrogen-bond acceptors (Lipinski definition) is 8. The number of alkyl halides is 1. The van der Waals surface area contributed by atoms with Gasteiger partial charge in [0.15, 0.2) is 5.82 Å². The molecule has 2 aromatic heterocycles. The Hall–Kier alpha value is -4.41. The summed E-state index contributed by atoms with van der Waals surface area (Å²) in [5.41, 5.74) is -0.657. The molecule has 3 atom stereocenters. The molecular formula is C34H35ClF3N7O3. The highest BCUT2D eigenvalue weighted by molar-refractivity contribution is 6.36. The quantitative estimate of drug-likeness (QED) is 0.216. The summed E-state index contributed by atoms with van der Waals surface area (Å²) in [6.45, 7) is 14.3. The first-order valence-corrected chi connectivity index (χ1v) is 16.0. The SMILES string of the molecule is [C-]#[N+]C[C@H]1CN(c2nc(OC[C@@H]3CN(C)C[C@@H]3F)nc3c(F)c(-c4cccc5ccc(F)c(Cl)c45)ncc23)CCN1C(=O)OC(C)(C)C. The number of carbonyl (C=O) groups excluding carboxylic acids is 1. The van der Waals surface area contributed by atoms with Crippen LogP contribution < -0.4 is 9.64 Å². The van der Waals surface area contributed by atoms with Gasteiger partial charge in [0.2, 0.25) is 6.54 Å². The Morgan fingerprint density at radius 2 is 1.92 bits per heavy atom. The normalized spacial score (nSPS) is 20.4. The van der Waals surface area contributed by atoms with Crippen LogP contribution in [0, 0.1) is 24.1 Å². The highest BCUT2D eigenvalue weighted by Crippen LogP contribution is 2.38. The van der Waals surface area contributed by atoms with E-state index in [1.165, 1.54) is 17.2 Å². The number of pyridine rings is 1. The maximum absolute atomic E-state index is 16.7. The lowest BCUT2D eigenvalue weighted by Gasteiger charge is -2.40. The molecule has 0 N–H and O–H groups in total. The van der Waals surface area contributed by atoms with E-state index in [2.05, 4.69) is 19.8 Å². The molecule has 2 fully saturated rings. The van der Waals surface area contributed by atoms with E-state index >= 15 is 4.39 Å². The molecule has 14 heteroatoms. The van der Waals surface area contributed by atoms with Gasteiger partial charge in [0.25, 0.3) is 0 Å². The van der Waals surface area contributed by atoms with Crippen LogP contribution in [0.3, 0.4) is 0 Å². The maximum atomic E-state index is 16.7. The van der Waals surface area contributed by atoms with E-state index in [4.69, 9.17) is 27.6 Å². The number of piperazine rings is 1. The van der Waals surface area contributed by atoms with E-state index < -0.39 is 41.5 Å². The second-order valence-electron chi connectivity index (χ2n) is 13.2. The van der Waals surface area contributed by atoms with Crippen LogP contribution in [0.2, 0.25) is 5.02 Å². The second-order valence-corrected chi connectivity index (χ2v) is 13.6. The molecule has 10 nitrogen and oxygen atoms in total. The van der Waals surface area contributed by atoms with Crippen molar-refractivity contribution in [3.8, 4) is 17.3 Å². The summed E-state index contributed by atoms with van der Waals surface area (Å²) in [4.78, 5) is 35.3. The van der Waals surface area contributed by atoms with Crippen LogP contribution in [0.4, 0.5) is 23.8 Å². The monoisotopic (exact) mass is 681 g/mol. The summed E-state index contributed by atoms with van der Waals surface area (Å²) < 4.78 is 57.4. The number of fused-ring (bicyclic) bond motifs is 2. The average molecular weight is 682 g/mol. The lowest BCUT2D eigenvalue weighted by molar-refractivity contribution is 0.0155. The van der Waals surface area contributed by atoms with Gasteiger partial charge in [-0.1, -0.05) is 35.9 Å². The Balaban J connectivity index is 1.43. The van der Waals surface area contributed by atoms with E-state index in [9.17, 15) is 13.6 Å². The fourth-order valence-corrected chi connectivity index (χ4v) is 6.54. The highest BCUT2D eigenvalue weighted by atomic mass is 35.5. The average Bonchev–Trinajstić information content (AvgIpc) is 3.37. The Morgan fingerprint density at radius 1 is 1.12 bits per heavy atom. The lowest BCUT2D eigenvalue weighted by atomic mass is 10.0. The maximum Gasteiger partial charge on any atom is 0.410 e. The van der Waals surface area contributed by atoms with Crippen molar-refractivity contribution in [1.29, 1.82) is 0 Å². The first-order valence-electron chi connectivity index (χ1n) is 15.6. The van der Waals surface area contributed by atoms with E-state index in [0.717, 1.165) is 0 Å². The Morgan fingerprint density at radius 3 is 2.62 bits per heavy atom. The van der Waals surface area contributed by atoms with E-state index in [1.54, 1.807) is 45.0 Å². The number of nitrogens with zero attached hydrogens (tertiary/aromatic N) is 7. The van der Waals surface area contributed by atoms with Crippen molar-refractivity contribution in [3.05, 3.63) is 64.6 Å². The third-order valence-electron chi connectivity index (χ3n) is 8.52. The van der Waals surface area contributed by atoms with Gasteiger partial charge in [-0.2, -0.15) is 9.97 Å². The standard InChI is InChI=1S/C34H35ClF3N7O3/c1-34(2,3)48-33(46)45-12-11-44(16-21(45)13-39-4)31-23-14-40-29(22-8-6-7-19-9-10-24(36)27(35)26(19)22)28(38)30(23)41-32(42-31)47-18-20-15-43(5)17-25(20)37/h6-10,14,20-21,25H,11-13,15-18H2,1-3,5H3/t20-,21-,25-/m0/s1. The van der Waals surface area contributed by atoms with Gasteiger partial charge in [0.05, 0.1) is 17.0 Å². The van der Waals surface area contributed by atoms with Gasteiger partial charge < -0.3 is 24.1 Å². The van der Waals surface area contributed by atoms with E-state index in [-0.39, 0.29) is 78.3 Å². The molecule has 6 rings (SSSR count). The van der Waals surface area contributed by atoms with E-state index in [1.807, 2.05) is 16.8 Å². The summed E-state index contributed by atoms with van der Waals surface area (Å²) in [7, 11) is 1.82. The fraction of sp³-hybridized carbons (Fsp3) is 0.441. The molecule has 4 aromatic rings. The minimum absolute atomic E-state index is 0.00433. The van der Waals surface area contributed by atoms with Crippen LogP contribution in [0.25, 0.3) is 37.8 Å². The molecule has 1 amide bonds. The predicted molar refractivity (Wildman–Crippen MR) is 177 cm³/mol. The number of aromatic nitrogens is 3. The van der Waals surface area contributed by atoms with Gasteiger partial charge in [-0.05, 0) is 39.3 Å². The van der Waals surface area contributed by atoms with Crippen molar-refractivity contribution >= 4 is 45.2 Å². The van der Waals surface area contributed by atoms with Crippen molar-refractivity contribution in [2.24, 2.45) is 5.92 Å². The first kappa shape index (κ1) is 33.5. The van der Waals surface area contributed by atoms with Crippen molar-refractivity contribution in [2.75, 3.05) is 57.8 Å². The van der Waals surface area contributed by atoms with Crippen molar-refractivity contribution < 1.29 is 27.4 Å². The molecule has 2 saturated heterocycles. The molecule has 0 radical (unpaired) electrons. The topological polar surface area (TPSA) is 88.3 Å². The molecule has 0 saturated carbocycles. The molecule has 2 aliphatic heterocycles. The number of rotatable bonds is 6. The lowest BCUT2D eigenvalue weighted by Crippen LogP contribution is -2.57. The van der Waals surface area contributed by atoms with Crippen LogP contribution in [-0.2, 0) is 4.74 Å². The predicted octanol–water partition coefficient (Wildman–Crippen LogP) is 6.40. The third-order valence-corrected chi connectivity index (χ3v) is 8.89. The number of hydrogen-bond donors (Lipinski definition) is 0. The third kappa shape index (κ3) is 6.64. The molecule has 252 valence electrons. The molecule has 0 aliphatic carbocycles. The molecule has 2 aliphatic rings. The minimum Gasteiger partial charge on any atom is -0.463 e. The second kappa shape index (κ2) is 13.2. The largest absolute Gasteiger partial charge is 0.463 e. The smallest absolute Gasteiger partial charge is 0.410 e. The Kier molecular flexibility index (Phi) is 9.24. The van der Waals surface area contributed by atoms with Gasteiger partial charge in [-0.15, -0.1) is 0 Å². The van der Waals surface area contributed by atoms with Crippen LogP contribution in [-0.4, -0.2) is 102 Å². The molecule has 0 bridgehead atoms. The molecule has 48 heavy (non-hydrogen) atoms. The summed E-state index contributed by atoms with van der Waals surface area (Å²) in [6.07, 6.45) is -0.196. The number of benzene rings is 2. The number of amides is 1. The van der Waals surface area contributed by atoms with Gasteiger partial charge >= 0.3 is 12.1 Å². The molecule has 2 aromatic carbocycles. The zero-order chi connectivity index (χ0) is 34.3. The zero-order valence-electron chi connectivity index (χ0n) is 27.0. The van der Waals surface area contributed by atoms with Crippen molar-refractivity contribution in [2.45, 2.75) is 38.6 Å². The van der Waals surface area contributed by atoms with Crippen molar-refractivity contribution in [3.63, 3.8) is 0 Å². The first-order chi connectivity index (χ1) is 22.8. The molecule has 4 heterocycles. The molecular weight excluding hydrogens is 647 g/mol. The number of ether oxygens (including phenoxy) is 2. The van der Waals surface area contributed by atoms with Gasteiger partial charge in [-0.3, -0.25) is 9.88 Å². The highest BCUT2D eigenvalue weighted by Gasteiger charge is 2.37. The summed E-state index contributed by atoms with van der Waals surface area (Å²) >= 11 is 6.37. The summed E-state index contributed by atoms with van der Waals surface area (Å²) in [6, 6.07) is 7.14. The number of halogens is 4. The fourth-order valence-electron chi connectivity index (χ4n) is 6.27. The Labute approximate surface area is 281 Å². The van der Waals surface area contributed by atoms with Crippen LogP contribution in [0.5, 0.6) is 6.01 Å². The van der Waals surface area contributed by atoms with Gasteiger partial charge in [0.1, 0.15) is 40.7 Å². The van der Waals surface area contributed by atoms with Crippen LogP contribution >= 0.6 is 11.6 Å². The summed E-state index contributed by atoms with van der Waals surface area (Å²) in [5, 5.41) is 1.00. The van der Waals surface area contributed by atoms with E-state index in [0.29, 0.717) is 17.3 Å². The Bertz CT molecular complexity index is 1920.